The van der Waals surface area contributed by atoms with Crippen LogP contribution in [-0.4, -0.2) is 10.1 Å². The highest BCUT2D eigenvalue weighted by Crippen LogP contribution is 2.35. The summed E-state index contributed by atoms with van der Waals surface area (Å²) in [5, 5.41) is 10.9. The summed E-state index contributed by atoms with van der Waals surface area (Å²) in [7, 11) is 0. The first-order chi connectivity index (χ1) is 6.20. The first-order valence-electron chi connectivity index (χ1n) is 3.62. The number of aromatic nitrogens is 1. The van der Waals surface area contributed by atoms with E-state index in [1.54, 1.807) is 18.3 Å². The molecule has 1 aromatic carbocycles. The lowest BCUT2D eigenvalue weighted by Crippen LogP contribution is -1.80. The quantitative estimate of drug-likeness (QED) is 0.774. The number of fused-ring (bicyclic) bond motifs is 1. The number of phenols is 1. The van der Waals surface area contributed by atoms with Crippen molar-refractivity contribution >= 4 is 46.5 Å². The van der Waals surface area contributed by atoms with E-state index in [2.05, 4.69) is 4.98 Å². The number of pyridine rings is 1. The Bertz CT molecular complexity index is 473. The number of rotatable bonds is 0. The van der Waals surface area contributed by atoms with Crippen molar-refractivity contribution in [2.24, 2.45) is 0 Å². The summed E-state index contributed by atoms with van der Waals surface area (Å²) < 4.78 is 0. The zero-order valence-corrected chi connectivity index (χ0v) is 9.20. The lowest BCUT2D eigenvalue weighted by atomic mass is 10.2. The minimum atomic E-state index is -0.0262. The smallest absolute Gasteiger partial charge is 0.160 e. The fourth-order valence-corrected chi connectivity index (χ4v) is 1.67. The summed E-state index contributed by atoms with van der Waals surface area (Å²) in [6.45, 7) is 0. The van der Waals surface area contributed by atoms with Crippen molar-refractivity contribution in [1.29, 1.82) is 0 Å². The van der Waals surface area contributed by atoms with E-state index in [0.717, 1.165) is 0 Å². The van der Waals surface area contributed by atoms with E-state index in [1.807, 2.05) is 0 Å². The normalized spacial score (nSPS) is 9.86. The monoisotopic (exact) mass is 249 g/mol. The maximum absolute atomic E-state index is 9.53. The molecule has 5 heteroatoms. The molecule has 0 amide bonds. The standard InChI is InChI=1S/C9H5Cl2NO.ClH/c10-6-4-7(11)9(13)8-5(6)2-1-3-12-8;/h1-4,13H;1H. The van der Waals surface area contributed by atoms with E-state index in [-0.39, 0.29) is 23.2 Å². The Kier molecular flexibility index (Phi) is 3.43. The van der Waals surface area contributed by atoms with E-state index in [0.29, 0.717) is 15.9 Å². The first kappa shape index (κ1) is 11.4. The minimum absolute atomic E-state index is 0. The van der Waals surface area contributed by atoms with Crippen molar-refractivity contribution in [3.05, 3.63) is 34.4 Å². The molecule has 2 nitrogen and oxygen atoms in total. The third-order valence-electron chi connectivity index (χ3n) is 1.77. The van der Waals surface area contributed by atoms with E-state index < -0.39 is 0 Å². The summed E-state index contributed by atoms with van der Waals surface area (Å²) in [5.74, 6) is -0.0262. The predicted octanol–water partition coefficient (Wildman–Crippen LogP) is 3.67. The van der Waals surface area contributed by atoms with Gasteiger partial charge in [0.25, 0.3) is 0 Å². The van der Waals surface area contributed by atoms with Crippen molar-refractivity contribution < 1.29 is 5.11 Å². The second kappa shape index (κ2) is 4.22. The number of benzene rings is 1. The van der Waals surface area contributed by atoms with Crippen LogP contribution in [0.1, 0.15) is 0 Å². The number of halogens is 3. The van der Waals surface area contributed by atoms with Gasteiger partial charge in [-0.15, -0.1) is 12.4 Å². The van der Waals surface area contributed by atoms with Gasteiger partial charge in [0.2, 0.25) is 0 Å². The molecule has 0 aliphatic carbocycles. The van der Waals surface area contributed by atoms with E-state index >= 15 is 0 Å². The van der Waals surface area contributed by atoms with Crippen molar-refractivity contribution in [1.82, 2.24) is 4.98 Å². The van der Waals surface area contributed by atoms with E-state index in [9.17, 15) is 5.11 Å². The highest BCUT2D eigenvalue weighted by Gasteiger charge is 2.08. The number of phenolic OH excluding ortho intramolecular Hbond substituents is 1. The second-order valence-electron chi connectivity index (χ2n) is 2.59. The molecule has 1 aromatic heterocycles. The highest BCUT2D eigenvalue weighted by molar-refractivity contribution is 6.39. The minimum Gasteiger partial charge on any atom is -0.504 e. The Balaban J connectivity index is 0.000000980. The zero-order valence-electron chi connectivity index (χ0n) is 6.87. The van der Waals surface area contributed by atoms with Crippen molar-refractivity contribution in [2.45, 2.75) is 0 Å². The summed E-state index contributed by atoms with van der Waals surface area (Å²) >= 11 is 11.6. The lowest BCUT2D eigenvalue weighted by Gasteiger charge is -2.03. The van der Waals surface area contributed by atoms with Gasteiger partial charge in [0, 0.05) is 11.6 Å². The maximum Gasteiger partial charge on any atom is 0.160 e. The summed E-state index contributed by atoms with van der Waals surface area (Å²) in [6.07, 6.45) is 1.58. The predicted molar refractivity (Wildman–Crippen MR) is 60.7 cm³/mol. The average molecular weight is 251 g/mol. The van der Waals surface area contributed by atoms with Crippen molar-refractivity contribution in [3.63, 3.8) is 0 Å². The van der Waals surface area contributed by atoms with Gasteiger partial charge >= 0.3 is 0 Å². The molecular weight excluding hydrogens is 244 g/mol. The van der Waals surface area contributed by atoms with Gasteiger partial charge in [-0.05, 0) is 18.2 Å². The second-order valence-corrected chi connectivity index (χ2v) is 3.40. The average Bonchev–Trinajstić information content (AvgIpc) is 2.15. The van der Waals surface area contributed by atoms with Crippen LogP contribution in [0.25, 0.3) is 10.9 Å². The van der Waals surface area contributed by atoms with Gasteiger partial charge in [-0.3, -0.25) is 4.98 Å². The largest absolute Gasteiger partial charge is 0.504 e. The molecule has 0 fully saturated rings. The van der Waals surface area contributed by atoms with Crippen LogP contribution in [0.5, 0.6) is 5.75 Å². The molecule has 0 atom stereocenters. The highest BCUT2D eigenvalue weighted by atomic mass is 35.5. The SMILES string of the molecule is Cl.Oc1c(Cl)cc(Cl)c2cccnc12. The third kappa shape index (κ3) is 1.73. The van der Waals surface area contributed by atoms with Crippen LogP contribution >= 0.6 is 35.6 Å². The number of aromatic hydroxyl groups is 1. The Morgan fingerprint density at radius 3 is 2.64 bits per heavy atom. The molecule has 0 aliphatic rings. The molecule has 74 valence electrons. The Morgan fingerprint density at radius 1 is 1.21 bits per heavy atom. The molecule has 1 N–H and O–H groups in total. The van der Waals surface area contributed by atoms with Gasteiger partial charge in [0.1, 0.15) is 5.52 Å². The molecule has 2 aromatic rings. The van der Waals surface area contributed by atoms with Crippen molar-refractivity contribution in [3.8, 4) is 5.75 Å². The van der Waals surface area contributed by atoms with Crippen LogP contribution in [0, 0.1) is 0 Å². The summed E-state index contributed by atoms with van der Waals surface area (Å²) in [5.41, 5.74) is 0.431. The van der Waals surface area contributed by atoms with Crippen LogP contribution in [0.4, 0.5) is 0 Å². The van der Waals surface area contributed by atoms with E-state index in [4.69, 9.17) is 23.2 Å². The number of hydrogen-bond donors (Lipinski definition) is 1. The van der Waals surface area contributed by atoms with Crippen LogP contribution in [-0.2, 0) is 0 Å². The fraction of sp³-hybridized carbons (Fsp3) is 0. The molecular formula is C9H6Cl3NO. The maximum atomic E-state index is 9.53. The van der Waals surface area contributed by atoms with Crippen LogP contribution in [0.3, 0.4) is 0 Å². The van der Waals surface area contributed by atoms with Gasteiger partial charge in [-0.25, -0.2) is 0 Å². The topological polar surface area (TPSA) is 33.1 Å². The van der Waals surface area contributed by atoms with Crippen LogP contribution in [0.15, 0.2) is 24.4 Å². The number of hydrogen-bond acceptors (Lipinski definition) is 2. The Labute approximate surface area is 96.9 Å². The zero-order chi connectivity index (χ0) is 9.42. The molecule has 0 saturated carbocycles. The molecule has 1 heterocycles. The number of nitrogens with zero attached hydrogens (tertiary/aromatic N) is 1. The molecule has 0 aliphatic heterocycles. The fourth-order valence-electron chi connectivity index (χ4n) is 1.16. The molecule has 0 spiro atoms. The molecule has 14 heavy (non-hydrogen) atoms. The lowest BCUT2D eigenvalue weighted by molar-refractivity contribution is 0.480. The van der Waals surface area contributed by atoms with Gasteiger partial charge in [-0.1, -0.05) is 23.2 Å². The van der Waals surface area contributed by atoms with Crippen LogP contribution in [0.2, 0.25) is 10.0 Å². The molecule has 0 saturated heterocycles. The molecule has 0 radical (unpaired) electrons. The summed E-state index contributed by atoms with van der Waals surface area (Å²) in [4.78, 5) is 3.98. The van der Waals surface area contributed by atoms with Crippen molar-refractivity contribution in [2.75, 3.05) is 0 Å². The molecule has 2 rings (SSSR count). The molecule has 0 bridgehead atoms. The summed E-state index contributed by atoms with van der Waals surface area (Å²) in [6, 6.07) is 5.03. The van der Waals surface area contributed by atoms with Crippen LogP contribution < -0.4 is 0 Å². The third-order valence-corrected chi connectivity index (χ3v) is 2.37. The van der Waals surface area contributed by atoms with Gasteiger partial charge < -0.3 is 5.11 Å². The van der Waals surface area contributed by atoms with Gasteiger partial charge in [-0.2, -0.15) is 0 Å². The Morgan fingerprint density at radius 2 is 1.93 bits per heavy atom. The Hall–Kier alpha value is -0.700. The van der Waals surface area contributed by atoms with Gasteiger partial charge in [0.15, 0.2) is 5.75 Å². The first-order valence-corrected chi connectivity index (χ1v) is 4.37. The molecule has 0 unspecified atom stereocenters. The van der Waals surface area contributed by atoms with Gasteiger partial charge in [0.05, 0.1) is 10.0 Å². The van der Waals surface area contributed by atoms with E-state index in [1.165, 1.54) is 6.07 Å².